The first-order valence-corrected chi connectivity index (χ1v) is 14.2. The summed E-state index contributed by atoms with van der Waals surface area (Å²) < 4.78 is 10.9. The summed E-state index contributed by atoms with van der Waals surface area (Å²) in [7, 11) is -0.139. The van der Waals surface area contributed by atoms with E-state index in [4.69, 9.17) is 9.16 Å². The lowest BCUT2D eigenvalue weighted by atomic mass is 9.91. The third-order valence-electron chi connectivity index (χ3n) is 3.65. The number of hydrogen-bond acceptors (Lipinski definition) is 6. The number of hydrogen-bond donors (Lipinski definition) is 0. The zero-order chi connectivity index (χ0) is 18.6. The monoisotopic (exact) mass is 394 g/mol. The molecule has 0 rings (SSSR count). The highest BCUT2D eigenvalue weighted by molar-refractivity contribution is 8.00. The highest BCUT2D eigenvalue weighted by atomic mass is 32.2. The lowest BCUT2D eigenvalue weighted by Gasteiger charge is -2.35. The van der Waals surface area contributed by atoms with Crippen LogP contribution in [0.2, 0.25) is 19.6 Å². The minimum atomic E-state index is -1.57. The van der Waals surface area contributed by atoms with Gasteiger partial charge in [0, 0.05) is 41.5 Å². The molecule has 0 saturated heterocycles. The van der Waals surface area contributed by atoms with Crippen molar-refractivity contribution in [1.29, 1.82) is 0 Å². The number of methoxy groups -OCH3 is 1. The minimum absolute atomic E-state index is 0.0997. The van der Waals surface area contributed by atoms with E-state index in [1.54, 1.807) is 18.7 Å². The Balaban J connectivity index is 4.57. The van der Waals surface area contributed by atoms with E-state index in [9.17, 15) is 9.59 Å². The van der Waals surface area contributed by atoms with E-state index in [1.165, 1.54) is 7.11 Å². The predicted octanol–water partition coefficient (Wildman–Crippen LogP) is 4.24. The molecule has 1 atom stereocenters. The van der Waals surface area contributed by atoms with E-state index >= 15 is 0 Å². The Bertz CT molecular complexity index is 385. The quantitative estimate of drug-likeness (QED) is 0.249. The van der Waals surface area contributed by atoms with Gasteiger partial charge in [-0.25, -0.2) is 0 Å². The number of esters is 1. The number of carbonyl (C=O) groups is 2. The van der Waals surface area contributed by atoms with Crippen molar-refractivity contribution in [2.45, 2.75) is 52.8 Å². The molecular formula is C17H34O4S2Si. The molecule has 0 aliphatic heterocycles. The topological polar surface area (TPSA) is 52.6 Å². The van der Waals surface area contributed by atoms with E-state index in [2.05, 4.69) is 26.6 Å². The van der Waals surface area contributed by atoms with Crippen LogP contribution < -0.4 is 0 Å². The standard InChI is InChI=1S/C17H34O4S2Si/c1-7-17(12-21-24(4,5)6,13-22-10-8-15(2)18)14-23-11-9-16(19)20-3/h7-14H2,1-6H3. The Morgan fingerprint density at radius 3 is 2.00 bits per heavy atom. The van der Waals surface area contributed by atoms with Gasteiger partial charge in [0.05, 0.1) is 13.5 Å². The van der Waals surface area contributed by atoms with Gasteiger partial charge in [0.2, 0.25) is 0 Å². The molecule has 24 heavy (non-hydrogen) atoms. The second kappa shape index (κ2) is 12.4. The second-order valence-electron chi connectivity index (χ2n) is 7.14. The van der Waals surface area contributed by atoms with E-state index in [1.807, 2.05) is 11.8 Å². The van der Waals surface area contributed by atoms with Crippen molar-refractivity contribution < 1.29 is 18.8 Å². The molecule has 4 nitrogen and oxygen atoms in total. The molecule has 0 aliphatic rings. The number of thioether (sulfide) groups is 2. The first kappa shape index (κ1) is 24.0. The van der Waals surface area contributed by atoms with Crippen LogP contribution in [0.1, 0.15) is 33.1 Å². The van der Waals surface area contributed by atoms with Crippen molar-refractivity contribution in [2.24, 2.45) is 5.41 Å². The van der Waals surface area contributed by atoms with Gasteiger partial charge in [0.1, 0.15) is 5.78 Å². The van der Waals surface area contributed by atoms with Gasteiger partial charge in [0.15, 0.2) is 8.32 Å². The minimum Gasteiger partial charge on any atom is -0.469 e. The molecule has 0 amide bonds. The lowest BCUT2D eigenvalue weighted by Crippen LogP contribution is -2.38. The zero-order valence-electron chi connectivity index (χ0n) is 16.1. The van der Waals surface area contributed by atoms with Crippen LogP contribution in [0.15, 0.2) is 0 Å². The van der Waals surface area contributed by atoms with Crippen molar-refractivity contribution in [3.63, 3.8) is 0 Å². The summed E-state index contributed by atoms with van der Waals surface area (Å²) >= 11 is 3.64. The molecule has 0 heterocycles. The van der Waals surface area contributed by atoms with Crippen LogP contribution in [0.3, 0.4) is 0 Å². The summed E-state index contributed by atoms with van der Waals surface area (Å²) in [5.74, 6) is 3.70. The molecule has 0 bridgehead atoms. The fourth-order valence-corrected chi connectivity index (χ4v) is 5.40. The summed E-state index contributed by atoms with van der Waals surface area (Å²) in [6.07, 6.45) is 2.12. The van der Waals surface area contributed by atoms with Crippen LogP contribution in [0.4, 0.5) is 0 Å². The van der Waals surface area contributed by atoms with Crippen LogP contribution in [-0.2, 0) is 18.8 Å². The van der Waals surface area contributed by atoms with Gasteiger partial charge < -0.3 is 9.16 Å². The predicted molar refractivity (Wildman–Crippen MR) is 109 cm³/mol. The van der Waals surface area contributed by atoms with E-state index in [0.29, 0.717) is 12.8 Å². The van der Waals surface area contributed by atoms with Gasteiger partial charge in [0.25, 0.3) is 0 Å². The van der Waals surface area contributed by atoms with Gasteiger partial charge in [-0.1, -0.05) is 6.92 Å². The normalized spacial score (nSPS) is 14.2. The van der Waals surface area contributed by atoms with Crippen LogP contribution in [0.25, 0.3) is 0 Å². The van der Waals surface area contributed by atoms with Crippen LogP contribution in [0, 0.1) is 5.41 Å². The molecule has 0 radical (unpaired) electrons. The molecular weight excluding hydrogens is 360 g/mol. The molecule has 142 valence electrons. The SMILES string of the molecule is CCC(CO[Si](C)(C)C)(CSCCC(C)=O)CSCCC(=O)OC. The van der Waals surface area contributed by atoms with E-state index in [-0.39, 0.29) is 17.2 Å². The third-order valence-corrected chi connectivity index (χ3v) is 7.28. The van der Waals surface area contributed by atoms with Gasteiger partial charge in [-0.05, 0) is 33.0 Å². The highest BCUT2D eigenvalue weighted by Crippen LogP contribution is 2.33. The second-order valence-corrected chi connectivity index (χ2v) is 13.9. The molecule has 0 aromatic carbocycles. The highest BCUT2D eigenvalue weighted by Gasteiger charge is 2.31. The van der Waals surface area contributed by atoms with Crippen LogP contribution in [-0.4, -0.2) is 56.8 Å². The summed E-state index contributed by atoms with van der Waals surface area (Å²) in [5, 5.41) is 0. The summed E-state index contributed by atoms with van der Waals surface area (Å²) in [4.78, 5) is 22.4. The van der Waals surface area contributed by atoms with Crippen molar-refractivity contribution in [2.75, 3.05) is 36.7 Å². The van der Waals surface area contributed by atoms with Crippen molar-refractivity contribution >= 4 is 43.6 Å². The number of ketones is 1. The summed E-state index contributed by atoms with van der Waals surface area (Å²) in [5.41, 5.74) is 0.0997. The smallest absolute Gasteiger partial charge is 0.306 e. The van der Waals surface area contributed by atoms with E-state index < -0.39 is 8.32 Å². The molecule has 1 unspecified atom stereocenters. The van der Waals surface area contributed by atoms with Crippen LogP contribution in [0.5, 0.6) is 0 Å². The lowest BCUT2D eigenvalue weighted by molar-refractivity contribution is -0.140. The number of ether oxygens (including phenoxy) is 1. The maximum absolute atomic E-state index is 11.2. The zero-order valence-corrected chi connectivity index (χ0v) is 18.7. The van der Waals surface area contributed by atoms with Gasteiger partial charge in [-0.15, -0.1) is 0 Å². The molecule has 0 saturated carbocycles. The average molecular weight is 395 g/mol. The Hall–Kier alpha value is 0.0169. The number of Topliss-reactive ketones (excluding diaryl/α,β-unsaturated/α-hetero) is 1. The van der Waals surface area contributed by atoms with Crippen molar-refractivity contribution in [3.8, 4) is 0 Å². The maximum atomic E-state index is 11.2. The molecule has 0 aliphatic carbocycles. The fraction of sp³-hybridized carbons (Fsp3) is 0.882. The Morgan fingerprint density at radius 2 is 1.58 bits per heavy atom. The summed E-state index contributed by atoms with van der Waals surface area (Å²) in [6, 6.07) is 0. The Kier molecular flexibility index (Phi) is 12.4. The van der Waals surface area contributed by atoms with Crippen molar-refractivity contribution in [3.05, 3.63) is 0 Å². The van der Waals surface area contributed by atoms with Gasteiger partial charge in [-0.2, -0.15) is 23.5 Å². The Labute approximate surface area is 157 Å². The first-order chi connectivity index (χ1) is 11.1. The van der Waals surface area contributed by atoms with E-state index in [0.717, 1.165) is 36.0 Å². The maximum Gasteiger partial charge on any atom is 0.306 e. The van der Waals surface area contributed by atoms with Crippen LogP contribution >= 0.6 is 23.5 Å². The molecule has 0 aromatic rings. The average Bonchev–Trinajstić information content (AvgIpc) is 2.51. The fourth-order valence-electron chi connectivity index (χ4n) is 1.85. The first-order valence-electron chi connectivity index (χ1n) is 8.50. The molecule has 0 aromatic heterocycles. The molecule has 0 fully saturated rings. The molecule has 0 N–H and O–H groups in total. The number of carbonyl (C=O) groups excluding carboxylic acids is 2. The van der Waals surface area contributed by atoms with Gasteiger partial charge >= 0.3 is 5.97 Å². The summed E-state index contributed by atoms with van der Waals surface area (Å²) in [6.45, 7) is 11.2. The van der Waals surface area contributed by atoms with Crippen molar-refractivity contribution in [1.82, 2.24) is 0 Å². The molecule has 7 heteroatoms. The largest absolute Gasteiger partial charge is 0.469 e. The van der Waals surface area contributed by atoms with Gasteiger partial charge in [-0.3, -0.25) is 9.59 Å². The number of rotatable bonds is 14. The molecule has 0 spiro atoms. The third kappa shape index (κ3) is 12.4. The Morgan fingerprint density at radius 1 is 1.04 bits per heavy atom.